The van der Waals surface area contributed by atoms with Gasteiger partial charge < -0.3 is 10.1 Å². The number of nitrogens with one attached hydrogen (secondary N) is 1. The Hall–Kier alpha value is -3.81. The van der Waals surface area contributed by atoms with Crippen LogP contribution in [0.4, 0.5) is 0 Å². The first-order valence-corrected chi connectivity index (χ1v) is 11.0. The summed E-state index contributed by atoms with van der Waals surface area (Å²) in [5, 5.41) is 8.59. The average molecular weight is 445 g/mol. The molecule has 1 N–H and O–H groups in total. The van der Waals surface area contributed by atoms with Crippen molar-refractivity contribution in [2.75, 3.05) is 13.2 Å². The highest BCUT2D eigenvalue weighted by molar-refractivity contribution is 5.84. The molecule has 3 heterocycles. The molecule has 0 bridgehead atoms. The van der Waals surface area contributed by atoms with E-state index in [4.69, 9.17) is 4.74 Å². The highest BCUT2D eigenvalue weighted by Gasteiger charge is 2.17. The van der Waals surface area contributed by atoms with Crippen LogP contribution in [0.25, 0.3) is 16.9 Å². The second-order valence-corrected chi connectivity index (χ2v) is 8.07. The molecule has 1 amide bonds. The molecule has 170 valence electrons. The number of hydrogen-bond donors (Lipinski definition) is 1. The zero-order valence-electron chi connectivity index (χ0n) is 19.4. The molecule has 0 atom stereocenters. The Balaban J connectivity index is 1.31. The molecule has 3 aromatic heterocycles. The van der Waals surface area contributed by atoms with Crippen LogP contribution in [0, 0.1) is 27.7 Å². The second kappa shape index (κ2) is 9.77. The fourth-order valence-corrected chi connectivity index (χ4v) is 3.83. The quantitative estimate of drug-likeness (QED) is 0.418. The van der Waals surface area contributed by atoms with Gasteiger partial charge in [0.15, 0.2) is 0 Å². The van der Waals surface area contributed by atoms with Crippen molar-refractivity contribution in [1.82, 2.24) is 30.0 Å². The molecule has 0 fully saturated rings. The van der Waals surface area contributed by atoms with Crippen molar-refractivity contribution in [2.24, 2.45) is 0 Å². The predicted molar refractivity (Wildman–Crippen MR) is 127 cm³/mol. The maximum atomic E-state index is 12.5. The number of nitrogens with zero attached hydrogens (tertiary/aromatic N) is 5. The topological polar surface area (TPSA) is 94.8 Å². The third kappa shape index (κ3) is 5.16. The van der Waals surface area contributed by atoms with Gasteiger partial charge in [0.2, 0.25) is 5.91 Å². The predicted octanol–water partition coefficient (Wildman–Crippen LogP) is 3.57. The zero-order valence-corrected chi connectivity index (χ0v) is 19.4. The van der Waals surface area contributed by atoms with Crippen LogP contribution in [-0.2, 0) is 11.2 Å². The van der Waals surface area contributed by atoms with Gasteiger partial charge in [0.1, 0.15) is 11.3 Å². The number of carbonyl (C=O) groups excluding carboxylic acids is 1. The van der Waals surface area contributed by atoms with E-state index in [0.717, 1.165) is 45.0 Å². The van der Waals surface area contributed by atoms with Gasteiger partial charge in [-0.05, 0) is 52.3 Å². The third-order valence-corrected chi connectivity index (χ3v) is 5.43. The molecule has 4 rings (SSSR count). The molecule has 0 saturated heterocycles. The highest BCUT2D eigenvalue weighted by atomic mass is 16.5. The summed E-state index contributed by atoms with van der Waals surface area (Å²) >= 11 is 0. The minimum Gasteiger partial charge on any atom is -0.491 e. The Morgan fingerprint density at radius 3 is 2.61 bits per heavy atom. The number of amides is 1. The number of carbonyl (C=O) groups is 1. The van der Waals surface area contributed by atoms with Gasteiger partial charge in [-0.3, -0.25) is 9.78 Å². The average Bonchev–Trinajstić information content (AvgIpc) is 3.06. The molecule has 33 heavy (non-hydrogen) atoms. The van der Waals surface area contributed by atoms with E-state index in [1.54, 1.807) is 10.9 Å². The molecule has 0 aliphatic carbocycles. The van der Waals surface area contributed by atoms with Gasteiger partial charge >= 0.3 is 0 Å². The van der Waals surface area contributed by atoms with Crippen LogP contribution >= 0.6 is 0 Å². The van der Waals surface area contributed by atoms with Gasteiger partial charge in [-0.1, -0.05) is 18.2 Å². The molecule has 8 heteroatoms. The fraction of sp³-hybridized carbons (Fsp3) is 0.320. The molecule has 0 saturated carbocycles. The normalized spacial score (nSPS) is 11.0. The minimum absolute atomic E-state index is 0.0473. The maximum absolute atomic E-state index is 12.5. The number of pyridine rings is 1. The summed E-state index contributed by atoms with van der Waals surface area (Å²) in [6, 6.07) is 11.7. The summed E-state index contributed by atoms with van der Waals surface area (Å²) in [4.78, 5) is 25.9. The number of ether oxygens (including phenoxy) is 1. The molecule has 0 aliphatic heterocycles. The summed E-state index contributed by atoms with van der Waals surface area (Å²) in [5.74, 6) is 1.24. The molecule has 0 spiro atoms. The standard InChI is InChI=1S/C25H28N6O2/c1-16-14-17(2)29-25(28-16)31-19(4)21(18(3)30-31)15-23(32)26-12-7-13-33-22-10-5-8-20-9-6-11-27-24(20)22/h5-6,8-11,14H,7,12-13,15H2,1-4H3,(H,26,32). The molecule has 0 unspecified atom stereocenters. The van der Waals surface area contributed by atoms with E-state index < -0.39 is 0 Å². The summed E-state index contributed by atoms with van der Waals surface area (Å²) in [6.45, 7) is 8.73. The molecule has 8 nitrogen and oxygen atoms in total. The number of aromatic nitrogens is 5. The Morgan fingerprint density at radius 2 is 1.82 bits per heavy atom. The van der Waals surface area contributed by atoms with Crippen molar-refractivity contribution in [3.63, 3.8) is 0 Å². The van der Waals surface area contributed by atoms with Crippen molar-refractivity contribution in [3.05, 3.63) is 70.9 Å². The lowest BCUT2D eigenvalue weighted by atomic mass is 10.1. The smallest absolute Gasteiger partial charge is 0.251 e. The number of aryl methyl sites for hydroxylation is 3. The SMILES string of the molecule is Cc1cc(C)nc(-n2nc(C)c(CC(=O)NCCCOc3cccc4cccnc34)c2C)n1. The summed E-state index contributed by atoms with van der Waals surface area (Å²) in [5.41, 5.74) is 5.18. The van der Waals surface area contributed by atoms with Crippen molar-refractivity contribution in [2.45, 2.75) is 40.5 Å². The zero-order chi connectivity index (χ0) is 23.4. The Kier molecular flexibility index (Phi) is 6.63. The van der Waals surface area contributed by atoms with E-state index in [2.05, 4.69) is 25.4 Å². The van der Waals surface area contributed by atoms with Crippen molar-refractivity contribution >= 4 is 16.8 Å². The number of fused-ring (bicyclic) bond motifs is 1. The van der Waals surface area contributed by atoms with Crippen molar-refractivity contribution in [1.29, 1.82) is 0 Å². The van der Waals surface area contributed by atoms with Gasteiger partial charge in [-0.15, -0.1) is 0 Å². The minimum atomic E-state index is -0.0473. The Morgan fingerprint density at radius 1 is 1.06 bits per heavy atom. The van der Waals surface area contributed by atoms with Crippen LogP contribution in [0.2, 0.25) is 0 Å². The first-order valence-electron chi connectivity index (χ1n) is 11.0. The number of rotatable bonds is 8. The maximum Gasteiger partial charge on any atom is 0.251 e. The number of para-hydroxylation sites is 1. The second-order valence-electron chi connectivity index (χ2n) is 8.07. The monoisotopic (exact) mass is 444 g/mol. The van der Waals surface area contributed by atoms with E-state index in [1.165, 1.54) is 0 Å². The Labute approximate surface area is 193 Å². The number of benzene rings is 1. The van der Waals surface area contributed by atoms with Crippen LogP contribution < -0.4 is 10.1 Å². The van der Waals surface area contributed by atoms with Gasteiger partial charge in [0.05, 0.1) is 18.7 Å². The molecule has 4 aromatic rings. The van der Waals surface area contributed by atoms with E-state index in [1.807, 2.05) is 64.1 Å². The lowest BCUT2D eigenvalue weighted by molar-refractivity contribution is -0.120. The van der Waals surface area contributed by atoms with Gasteiger partial charge in [-0.25, -0.2) is 14.6 Å². The van der Waals surface area contributed by atoms with Crippen LogP contribution in [0.5, 0.6) is 5.75 Å². The lowest BCUT2D eigenvalue weighted by Crippen LogP contribution is -2.27. The molecule has 0 aliphatic rings. The van der Waals surface area contributed by atoms with Crippen LogP contribution in [0.15, 0.2) is 42.6 Å². The van der Waals surface area contributed by atoms with Gasteiger partial charge in [0.25, 0.3) is 5.95 Å². The van der Waals surface area contributed by atoms with Crippen LogP contribution in [-0.4, -0.2) is 43.8 Å². The third-order valence-electron chi connectivity index (χ3n) is 5.43. The lowest BCUT2D eigenvalue weighted by Gasteiger charge is -2.09. The van der Waals surface area contributed by atoms with Crippen LogP contribution in [0.1, 0.15) is 34.8 Å². The van der Waals surface area contributed by atoms with E-state index in [-0.39, 0.29) is 12.3 Å². The van der Waals surface area contributed by atoms with Gasteiger partial charge in [-0.2, -0.15) is 5.10 Å². The number of hydrogen-bond acceptors (Lipinski definition) is 6. The highest BCUT2D eigenvalue weighted by Crippen LogP contribution is 2.23. The molecular weight excluding hydrogens is 416 g/mol. The fourth-order valence-electron chi connectivity index (χ4n) is 3.83. The first kappa shape index (κ1) is 22.4. The Bertz CT molecular complexity index is 1270. The van der Waals surface area contributed by atoms with Crippen molar-refractivity contribution in [3.8, 4) is 11.7 Å². The van der Waals surface area contributed by atoms with Crippen LogP contribution in [0.3, 0.4) is 0 Å². The molecule has 1 aromatic carbocycles. The summed E-state index contributed by atoms with van der Waals surface area (Å²) in [6.07, 6.45) is 2.72. The van der Waals surface area contributed by atoms with Crippen molar-refractivity contribution < 1.29 is 9.53 Å². The van der Waals surface area contributed by atoms with E-state index in [0.29, 0.717) is 25.5 Å². The first-order chi connectivity index (χ1) is 15.9. The summed E-state index contributed by atoms with van der Waals surface area (Å²) < 4.78 is 7.60. The molecular formula is C25H28N6O2. The largest absolute Gasteiger partial charge is 0.491 e. The molecule has 0 radical (unpaired) electrons. The summed E-state index contributed by atoms with van der Waals surface area (Å²) in [7, 11) is 0. The van der Waals surface area contributed by atoms with E-state index in [9.17, 15) is 4.79 Å². The van der Waals surface area contributed by atoms with E-state index >= 15 is 0 Å². The van der Waals surface area contributed by atoms with Gasteiger partial charge in [0, 0.05) is 40.8 Å².